The van der Waals surface area contributed by atoms with Crippen LogP contribution in [0, 0.1) is 11.3 Å². The molecule has 5 rings (SSSR count). The zero-order valence-corrected chi connectivity index (χ0v) is 24.1. The Morgan fingerprint density at radius 3 is 2.41 bits per heavy atom. The Morgan fingerprint density at radius 2 is 1.72 bits per heavy atom. The molecule has 1 aliphatic rings. The molecular weight excluding hydrogens is 508 g/mol. The topological polar surface area (TPSA) is 85.4 Å². The van der Waals surface area contributed by atoms with E-state index in [1.165, 1.54) is 10.4 Å². The maximum Gasteiger partial charge on any atom is 0.255 e. The average molecular weight is 545 g/mol. The monoisotopic (exact) mass is 544 g/mol. The molecule has 0 saturated heterocycles. The van der Waals surface area contributed by atoms with Gasteiger partial charge in [-0.3, -0.25) is 4.79 Å². The molecule has 2 heterocycles. The van der Waals surface area contributed by atoms with E-state index in [0.717, 1.165) is 41.0 Å². The minimum absolute atomic E-state index is 0.212. The molecular formula is C31H36N4O3S. The van der Waals surface area contributed by atoms with Crippen molar-refractivity contribution in [3.8, 4) is 11.5 Å². The highest BCUT2D eigenvalue weighted by atomic mass is 32.1. The summed E-state index contributed by atoms with van der Waals surface area (Å²) in [4.78, 5) is 24.6. The number of benzene rings is 2. The molecule has 1 amide bonds. The third-order valence-corrected chi connectivity index (χ3v) is 8.45. The molecule has 204 valence electrons. The Kier molecular flexibility index (Phi) is 7.75. The summed E-state index contributed by atoms with van der Waals surface area (Å²) >= 11 is 1.78. The van der Waals surface area contributed by atoms with E-state index in [4.69, 9.17) is 9.47 Å². The second-order valence-corrected chi connectivity index (χ2v) is 12.0. The van der Waals surface area contributed by atoms with Crippen LogP contribution in [-0.4, -0.2) is 29.1 Å². The van der Waals surface area contributed by atoms with E-state index < -0.39 is 0 Å². The average Bonchev–Trinajstić information content (AvgIpc) is 3.30. The molecule has 2 aromatic carbocycles. The lowest BCUT2D eigenvalue weighted by Gasteiger charge is -2.33. The molecule has 2 N–H and O–H groups in total. The van der Waals surface area contributed by atoms with Gasteiger partial charge in [0.25, 0.3) is 5.91 Å². The van der Waals surface area contributed by atoms with E-state index in [9.17, 15) is 4.79 Å². The summed E-state index contributed by atoms with van der Waals surface area (Å²) < 4.78 is 12.0. The molecule has 7 nitrogen and oxygen atoms in total. The number of nitrogens with one attached hydrogen (secondary N) is 2. The predicted octanol–water partition coefficient (Wildman–Crippen LogP) is 7.64. The van der Waals surface area contributed by atoms with Gasteiger partial charge in [0, 0.05) is 22.6 Å². The second kappa shape index (κ2) is 11.2. The van der Waals surface area contributed by atoms with Crippen molar-refractivity contribution in [2.75, 3.05) is 23.8 Å². The van der Waals surface area contributed by atoms with Crippen molar-refractivity contribution >= 4 is 44.7 Å². The molecule has 4 aromatic rings. The van der Waals surface area contributed by atoms with Gasteiger partial charge in [0.15, 0.2) is 0 Å². The van der Waals surface area contributed by atoms with Gasteiger partial charge in [0.1, 0.15) is 28.5 Å². The van der Waals surface area contributed by atoms with Gasteiger partial charge in [0.2, 0.25) is 0 Å². The Balaban J connectivity index is 1.51. The SMILES string of the molecule is CCOc1cc(Nc2ncnc3sc4c(c23)CCC(C(C)(C)C)C4)c(OCC)cc1NC(=O)c1ccccc1. The Labute approximate surface area is 234 Å². The van der Waals surface area contributed by atoms with Crippen LogP contribution in [-0.2, 0) is 12.8 Å². The number of thiophene rings is 1. The summed E-state index contributed by atoms with van der Waals surface area (Å²) in [5.74, 6) is 2.36. The summed E-state index contributed by atoms with van der Waals surface area (Å²) in [5, 5.41) is 7.60. The molecule has 0 spiro atoms. The fourth-order valence-electron chi connectivity index (χ4n) is 5.16. The maximum absolute atomic E-state index is 12.9. The summed E-state index contributed by atoms with van der Waals surface area (Å²) in [6.07, 6.45) is 4.87. The van der Waals surface area contributed by atoms with Crippen LogP contribution in [0.2, 0.25) is 0 Å². The molecule has 39 heavy (non-hydrogen) atoms. The van der Waals surface area contributed by atoms with Gasteiger partial charge in [-0.15, -0.1) is 11.3 Å². The van der Waals surface area contributed by atoms with Crippen LogP contribution in [0.1, 0.15) is 61.8 Å². The molecule has 0 aliphatic heterocycles. The fraction of sp³-hybridized carbons (Fsp3) is 0.387. The highest BCUT2D eigenvalue weighted by Gasteiger charge is 2.32. The number of anilines is 3. The van der Waals surface area contributed by atoms with Gasteiger partial charge < -0.3 is 20.1 Å². The molecule has 0 bridgehead atoms. The van der Waals surface area contributed by atoms with E-state index >= 15 is 0 Å². The zero-order valence-electron chi connectivity index (χ0n) is 23.3. The number of amides is 1. The zero-order chi connectivity index (χ0) is 27.6. The number of ether oxygens (including phenoxy) is 2. The first-order valence-electron chi connectivity index (χ1n) is 13.6. The summed E-state index contributed by atoms with van der Waals surface area (Å²) in [6.45, 7) is 11.8. The Morgan fingerprint density at radius 1 is 1.03 bits per heavy atom. The van der Waals surface area contributed by atoms with Gasteiger partial charge in [-0.25, -0.2) is 9.97 Å². The van der Waals surface area contributed by atoms with E-state index in [1.807, 2.05) is 44.2 Å². The van der Waals surface area contributed by atoms with Gasteiger partial charge in [0.05, 0.1) is 30.0 Å². The summed E-state index contributed by atoms with van der Waals surface area (Å²) in [7, 11) is 0. The first kappa shape index (κ1) is 26.9. The third kappa shape index (κ3) is 5.71. The summed E-state index contributed by atoms with van der Waals surface area (Å²) in [5.41, 5.74) is 3.48. The normalized spacial score (nSPS) is 15.1. The molecule has 8 heteroatoms. The Bertz CT molecular complexity index is 1480. The van der Waals surface area contributed by atoms with Crippen molar-refractivity contribution in [2.24, 2.45) is 11.3 Å². The lowest BCUT2D eigenvalue weighted by molar-refractivity contribution is 0.102. The smallest absolute Gasteiger partial charge is 0.255 e. The maximum atomic E-state index is 12.9. The molecule has 0 saturated carbocycles. The third-order valence-electron chi connectivity index (χ3n) is 7.29. The molecule has 0 fully saturated rings. The standard InChI is InChI=1S/C31H36N4O3S/c1-6-37-24-17-23(35-29(36)19-11-9-8-10-12-19)25(38-7-2)16-22(24)34-28-27-21-14-13-20(31(3,4)5)15-26(21)39-30(27)33-18-32-28/h8-12,16-18,20H,6-7,13-15H2,1-5H3,(H,35,36)(H,32,33,34). The predicted molar refractivity (Wildman–Crippen MR) is 159 cm³/mol. The highest BCUT2D eigenvalue weighted by molar-refractivity contribution is 7.19. The molecule has 1 atom stereocenters. The molecule has 1 unspecified atom stereocenters. The number of aryl methyl sites for hydroxylation is 1. The molecule has 1 aliphatic carbocycles. The second-order valence-electron chi connectivity index (χ2n) is 10.9. The first-order valence-corrected chi connectivity index (χ1v) is 14.4. The van der Waals surface area contributed by atoms with Crippen LogP contribution in [0.5, 0.6) is 11.5 Å². The fourth-order valence-corrected chi connectivity index (χ4v) is 6.43. The van der Waals surface area contributed by atoms with E-state index in [1.54, 1.807) is 29.8 Å². The van der Waals surface area contributed by atoms with Crippen LogP contribution in [0.4, 0.5) is 17.2 Å². The number of hydrogen-bond donors (Lipinski definition) is 2. The van der Waals surface area contributed by atoms with Crippen molar-refractivity contribution < 1.29 is 14.3 Å². The van der Waals surface area contributed by atoms with Crippen LogP contribution >= 0.6 is 11.3 Å². The van der Waals surface area contributed by atoms with Crippen molar-refractivity contribution in [3.05, 3.63) is 64.8 Å². The number of aromatic nitrogens is 2. The first-order chi connectivity index (χ1) is 18.8. The summed E-state index contributed by atoms with van der Waals surface area (Å²) in [6, 6.07) is 12.8. The van der Waals surface area contributed by atoms with Crippen molar-refractivity contribution in [1.82, 2.24) is 9.97 Å². The lowest BCUT2D eigenvalue weighted by Crippen LogP contribution is -2.26. The minimum Gasteiger partial charge on any atom is -0.492 e. The lowest BCUT2D eigenvalue weighted by atomic mass is 9.72. The van der Waals surface area contributed by atoms with Crippen molar-refractivity contribution in [1.29, 1.82) is 0 Å². The number of rotatable bonds is 8. The minimum atomic E-state index is -0.212. The molecule has 2 aromatic heterocycles. The van der Waals surface area contributed by atoms with Crippen molar-refractivity contribution in [3.63, 3.8) is 0 Å². The van der Waals surface area contributed by atoms with Crippen LogP contribution in [0.3, 0.4) is 0 Å². The van der Waals surface area contributed by atoms with Gasteiger partial charge in [-0.05, 0) is 62.1 Å². The van der Waals surface area contributed by atoms with Crippen molar-refractivity contribution in [2.45, 2.75) is 53.9 Å². The van der Waals surface area contributed by atoms with Crippen LogP contribution in [0.15, 0.2) is 48.8 Å². The molecule has 0 radical (unpaired) electrons. The van der Waals surface area contributed by atoms with Gasteiger partial charge >= 0.3 is 0 Å². The number of hydrogen-bond acceptors (Lipinski definition) is 7. The van der Waals surface area contributed by atoms with E-state index in [2.05, 4.69) is 41.4 Å². The Hall–Kier alpha value is -3.65. The van der Waals surface area contributed by atoms with Crippen LogP contribution < -0.4 is 20.1 Å². The van der Waals surface area contributed by atoms with Gasteiger partial charge in [-0.2, -0.15) is 0 Å². The van der Waals surface area contributed by atoms with E-state index in [-0.39, 0.29) is 11.3 Å². The number of nitrogens with zero attached hydrogens (tertiary/aromatic N) is 2. The largest absolute Gasteiger partial charge is 0.492 e. The number of carbonyl (C=O) groups is 1. The number of carbonyl (C=O) groups excluding carboxylic acids is 1. The van der Waals surface area contributed by atoms with E-state index in [0.29, 0.717) is 41.9 Å². The quantitative estimate of drug-likeness (QED) is 0.237. The van der Waals surface area contributed by atoms with Crippen LogP contribution in [0.25, 0.3) is 10.2 Å². The van der Waals surface area contributed by atoms with Gasteiger partial charge in [-0.1, -0.05) is 39.0 Å². The number of fused-ring (bicyclic) bond motifs is 3. The highest BCUT2D eigenvalue weighted by Crippen LogP contribution is 2.45.